The molecule has 7 heteroatoms. The van der Waals surface area contributed by atoms with Crippen molar-refractivity contribution in [3.8, 4) is 0 Å². The van der Waals surface area contributed by atoms with Gasteiger partial charge in [0.05, 0.1) is 0 Å². The Morgan fingerprint density at radius 3 is 2.18 bits per heavy atom. The van der Waals surface area contributed by atoms with E-state index in [-0.39, 0.29) is 12.5 Å². The summed E-state index contributed by atoms with van der Waals surface area (Å²) in [5, 5.41) is 2.36. The molecule has 0 aromatic carbocycles. The van der Waals surface area contributed by atoms with Crippen molar-refractivity contribution >= 4 is 17.4 Å². The minimum Gasteiger partial charge on any atom is -0.380 e. The number of hydrogen-bond donors (Lipinski definition) is 1. The first-order valence-electron chi connectivity index (χ1n) is 4.90. The first-order chi connectivity index (χ1) is 7.97. The third-order valence-corrected chi connectivity index (χ3v) is 2.98. The summed E-state index contributed by atoms with van der Waals surface area (Å²) in [6.45, 7) is 2.07. The van der Waals surface area contributed by atoms with Gasteiger partial charge in [0, 0.05) is 6.54 Å². The van der Waals surface area contributed by atoms with Crippen molar-refractivity contribution in [3.05, 3.63) is 23.5 Å². The van der Waals surface area contributed by atoms with Gasteiger partial charge < -0.3 is 5.32 Å². The van der Waals surface area contributed by atoms with Gasteiger partial charge in [-0.3, -0.25) is 0 Å². The zero-order chi connectivity index (χ0) is 13.0. The zero-order valence-electron chi connectivity index (χ0n) is 9.36. The minimum absolute atomic E-state index is 0.114. The Hall–Kier alpha value is -0.980. The quantitative estimate of drug-likeness (QED) is 0.656. The van der Waals surface area contributed by atoms with Gasteiger partial charge in [0.25, 0.3) is 11.9 Å². The molecule has 1 heterocycles. The molecule has 0 bridgehead atoms. The van der Waals surface area contributed by atoms with Crippen LogP contribution in [0, 0.1) is 29.4 Å². The van der Waals surface area contributed by atoms with E-state index in [2.05, 4.69) is 10.3 Å². The fourth-order valence-corrected chi connectivity index (χ4v) is 1.95. The van der Waals surface area contributed by atoms with Crippen LogP contribution in [0.15, 0.2) is 0 Å². The molecule has 0 radical (unpaired) electrons. The van der Waals surface area contributed by atoms with Crippen molar-refractivity contribution in [3.63, 3.8) is 0 Å². The molecule has 1 unspecified atom stereocenters. The lowest BCUT2D eigenvalue weighted by molar-refractivity contribution is 0.410. The van der Waals surface area contributed by atoms with Crippen LogP contribution in [0.4, 0.5) is 23.2 Å². The fraction of sp³-hybridized carbons (Fsp3) is 0.500. The Balaban J connectivity index is 2.83. The number of nitrogens with one attached hydrogen (secondary N) is 1. The first-order valence-corrected chi connectivity index (χ1v) is 6.29. The summed E-state index contributed by atoms with van der Waals surface area (Å²) in [6, 6.07) is 0. The van der Waals surface area contributed by atoms with E-state index in [1.165, 1.54) is 0 Å². The second-order valence-electron chi connectivity index (χ2n) is 3.64. The van der Waals surface area contributed by atoms with E-state index in [1.54, 1.807) is 11.8 Å². The van der Waals surface area contributed by atoms with E-state index < -0.39 is 29.2 Å². The summed E-state index contributed by atoms with van der Waals surface area (Å²) < 4.78 is 51.8. The maximum absolute atomic E-state index is 13.2. The van der Waals surface area contributed by atoms with Crippen LogP contribution in [-0.2, 0) is 0 Å². The Morgan fingerprint density at radius 1 is 1.18 bits per heavy atom. The van der Waals surface area contributed by atoms with Crippen molar-refractivity contribution in [2.24, 2.45) is 5.92 Å². The van der Waals surface area contributed by atoms with E-state index in [1.807, 2.05) is 13.2 Å². The van der Waals surface area contributed by atoms with Crippen LogP contribution in [0.1, 0.15) is 6.92 Å². The maximum Gasteiger partial charge on any atom is 0.253 e. The number of pyridine rings is 1. The van der Waals surface area contributed by atoms with Gasteiger partial charge in [-0.25, -0.2) is 0 Å². The summed E-state index contributed by atoms with van der Waals surface area (Å²) in [4.78, 5) is 2.47. The highest BCUT2D eigenvalue weighted by Gasteiger charge is 2.20. The molecular formula is C10H12F4N2S. The number of thioether (sulfide) groups is 1. The van der Waals surface area contributed by atoms with Gasteiger partial charge in [-0.15, -0.1) is 0 Å². The maximum atomic E-state index is 13.2. The van der Waals surface area contributed by atoms with Crippen molar-refractivity contribution in [1.29, 1.82) is 0 Å². The molecule has 17 heavy (non-hydrogen) atoms. The molecule has 0 spiro atoms. The van der Waals surface area contributed by atoms with Gasteiger partial charge in [-0.05, 0) is 17.9 Å². The predicted molar refractivity (Wildman–Crippen MR) is 60.1 cm³/mol. The molecule has 0 fully saturated rings. The highest BCUT2D eigenvalue weighted by molar-refractivity contribution is 7.98. The first kappa shape index (κ1) is 14.1. The smallest absolute Gasteiger partial charge is 0.253 e. The molecule has 1 aromatic rings. The number of aromatic nitrogens is 1. The van der Waals surface area contributed by atoms with Crippen molar-refractivity contribution in [2.75, 3.05) is 23.9 Å². The molecule has 2 nitrogen and oxygen atoms in total. The zero-order valence-corrected chi connectivity index (χ0v) is 10.2. The molecule has 1 N–H and O–H groups in total. The van der Waals surface area contributed by atoms with Crippen molar-refractivity contribution in [1.82, 2.24) is 4.98 Å². The van der Waals surface area contributed by atoms with E-state index >= 15 is 0 Å². The molecule has 1 aromatic heterocycles. The molecule has 96 valence electrons. The molecule has 0 aliphatic rings. The third-order valence-electron chi connectivity index (χ3n) is 2.08. The van der Waals surface area contributed by atoms with Crippen LogP contribution in [0.2, 0.25) is 0 Å². The SMILES string of the molecule is CSCC(C)CNc1c(F)c(F)nc(F)c1F. The van der Waals surface area contributed by atoms with Crippen LogP contribution < -0.4 is 5.32 Å². The normalized spacial score (nSPS) is 12.6. The molecule has 0 saturated heterocycles. The monoisotopic (exact) mass is 268 g/mol. The van der Waals surface area contributed by atoms with Crippen LogP contribution in [0.25, 0.3) is 0 Å². The van der Waals surface area contributed by atoms with Crippen LogP contribution in [-0.4, -0.2) is 23.5 Å². The van der Waals surface area contributed by atoms with Gasteiger partial charge in [0.15, 0.2) is 0 Å². The molecular weight excluding hydrogens is 256 g/mol. The number of halogens is 4. The summed E-state index contributed by atoms with van der Waals surface area (Å²) >= 11 is 1.57. The van der Waals surface area contributed by atoms with Crippen LogP contribution in [0.3, 0.4) is 0 Å². The number of rotatable bonds is 5. The Morgan fingerprint density at radius 2 is 1.71 bits per heavy atom. The average Bonchev–Trinajstić information content (AvgIpc) is 2.27. The molecule has 1 atom stereocenters. The fourth-order valence-electron chi connectivity index (χ4n) is 1.26. The number of anilines is 1. The molecule has 0 saturated carbocycles. The lowest BCUT2D eigenvalue weighted by Crippen LogP contribution is -2.16. The predicted octanol–water partition coefficient (Wildman–Crippen LogP) is 3.05. The molecule has 0 aliphatic heterocycles. The Kier molecular flexibility index (Phi) is 5.04. The summed E-state index contributed by atoms with van der Waals surface area (Å²) in [6.07, 6.45) is 1.89. The largest absolute Gasteiger partial charge is 0.380 e. The van der Waals surface area contributed by atoms with E-state index in [4.69, 9.17) is 0 Å². The second kappa shape index (κ2) is 6.09. The van der Waals surface area contributed by atoms with Gasteiger partial charge in [-0.1, -0.05) is 6.92 Å². The van der Waals surface area contributed by atoms with Gasteiger partial charge in [0.1, 0.15) is 5.69 Å². The Bertz CT molecular complexity index is 374. The molecule has 1 rings (SSSR count). The minimum atomic E-state index is -1.65. The van der Waals surface area contributed by atoms with E-state index in [9.17, 15) is 17.6 Å². The second-order valence-corrected chi connectivity index (χ2v) is 4.55. The summed E-state index contributed by atoms with van der Waals surface area (Å²) in [5.74, 6) is -5.41. The average molecular weight is 268 g/mol. The molecule has 0 aliphatic carbocycles. The van der Waals surface area contributed by atoms with Gasteiger partial charge in [0.2, 0.25) is 11.6 Å². The van der Waals surface area contributed by atoms with Gasteiger partial charge >= 0.3 is 0 Å². The standard InChI is InChI=1S/C10H12F4N2S/c1-5(4-17-2)3-15-8-6(11)9(13)16-10(14)7(8)12/h5H,3-4H2,1-2H3,(H,15,16). The number of hydrogen-bond acceptors (Lipinski definition) is 3. The topological polar surface area (TPSA) is 24.9 Å². The van der Waals surface area contributed by atoms with Crippen LogP contribution in [0.5, 0.6) is 0 Å². The van der Waals surface area contributed by atoms with E-state index in [0.717, 1.165) is 5.75 Å². The molecule has 0 amide bonds. The van der Waals surface area contributed by atoms with Crippen molar-refractivity contribution < 1.29 is 17.6 Å². The number of nitrogens with zero attached hydrogens (tertiary/aromatic N) is 1. The highest BCUT2D eigenvalue weighted by atomic mass is 32.2. The lowest BCUT2D eigenvalue weighted by atomic mass is 10.2. The lowest BCUT2D eigenvalue weighted by Gasteiger charge is -2.13. The summed E-state index contributed by atoms with van der Waals surface area (Å²) in [5.41, 5.74) is -0.803. The van der Waals surface area contributed by atoms with Gasteiger partial charge in [-0.2, -0.15) is 34.3 Å². The highest BCUT2D eigenvalue weighted by Crippen LogP contribution is 2.22. The van der Waals surface area contributed by atoms with Crippen LogP contribution >= 0.6 is 11.8 Å². The Labute approximate surface area is 101 Å². The van der Waals surface area contributed by atoms with Crippen molar-refractivity contribution in [2.45, 2.75) is 6.92 Å². The van der Waals surface area contributed by atoms with E-state index in [0.29, 0.717) is 0 Å². The third kappa shape index (κ3) is 3.49. The summed E-state index contributed by atoms with van der Waals surface area (Å²) in [7, 11) is 0.